The Labute approximate surface area is 104 Å². The molecule has 0 fully saturated rings. The highest BCUT2D eigenvalue weighted by molar-refractivity contribution is 5.78. The van der Waals surface area contributed by atoms with Gasteiger partial charge in [0.1, 0.15) is 17.7 Å². The Hall–Kier alpha value is -2.62. The SMILES string of the molecule is Oc1cccc(-c2nocc2-c2ccccn2)c1. The van der Waals surface area contributed by atoms with Crippen LogP contribution in [0.1, 0.15) is 0 Å². The van der Waals surface area contributed by atoms with Crippen LogP contribution in [0.5, 0.6) is 5.75 Å². The van der Waals surface area contributed by atoms with Crippen molar-refractivity contribution in [2.45, 2.75) is 0 Å². The molecule has 88 valence electrons. The number of hydrogen-bond acceptors (Lipinski definition) is 4. The molecule has 0 unspecified atom stereocenters. The molecule has 1 N–H and O–H groups in total. The van der Waals surface area contributed by atoms with Crippen molar-refractivity contribution in [3.8, 4) is 28.3 Å². The summed E-state index contributed by atoms with van der Waals surface area (Å²) in [4.78, 5) is 4.27. The molecule has 0 bridgehead atoms. The topological polar surface area (TPSA) is 59.2 Å². The number of hydrogen-bond donors (Lipinski definition) is 1. The smallest absolute Gasteiger partial charge is 0.133 e. The Balaban J connectivity index is 2.13. The molecule has 2 aromatic heterocycles. The number of nitrogens with zero attached hydrogens (tertiary/aromatic N) is 2. The van der Waals surface area contributed by atoms with Crippen LogP contribution in [0.25, 0.3) is 22.5 Å². The number of rotatable bonds is 2. The molecular formula is C14H10N2O2. The zero-order valence-electron chi connectivity index (χ0n) is 9.45. The van der Waals surface area contributed by atoms with Crippen LogP contribution in [-0.2, 0) is 0 Å². The molecule has 0 spiro atoms. The molecule has 0 radical (unpaired) electrons. The molecule has 0 amide bonds. The molecule has 1 aromatic carbocycles. The second kappa shape index (κ2) is 4.33. The molecule has 0 aliphatic carbocycles. The zero-order chi connectivity index (χ0) is 12.4. The molecule has 4 heteroatoms. The van der Waals surface area contributed by atoms with Crippen molar-refractivity contribution in [1.29, 1.82) is 0 Å². The summed E-state index contributed by atoms with van der Waals surface area (Å²) >= 11 is 0. The quantitative estimate of drug-likeness (QED) is 0.745. The fourth-order valence-corrected chi connectivity index (χ4v) is 1.80. The summed E-state index contributed by atoms with van der Waals surface area (Å²) in [6.45, 7) is 0. The fraction of sp³-hybridized carbons (Fsp3) is 0. The largest absolute Gasteiger partial charge is 0.508 e. The van der Waals surface area contributed by atoms with Gasteiger partial charge in [0, 0.05) is 11.8 Å². The lowest BCUT2D eigenvalue weighted by atomic mass is 10.1. The number of phenols is 1. The molecule has 4 nitrogen and oxygen atoms in total. The van der Waals surface area contributed by atoms with E-state index in [0.29, 0.717) is 5.69 Å². The summed E-state index contributed by atoms with van der Waals surface area (Å²) in [5, 5.41) is 13.5. The van der Waals surface area contributed by atoms with Gasteiger partial charge in [-0.1, -0.05) is 23.4 Å². The van der Waals surface area contributed by atoms with E-state index in [-0.39, 0.29) is 5.75 Å². The van der Waals surface area contributed by atoms with Crippen LogP contribution in [0.15, 0.2) is 59.4 Å². The fourth-order valence-electron chi connectivity index (χ4n) is 1.80. The molecule has 0 aliphatic rings. The van der Waals surface area contributed by atoms with Crippen molar-refractivity contribution in [2.75, 3.05) is 0 Å². The lowest BCUT2D eigenvalue weighted by Gasteiger charge is -2.01. The van der Waals surface area contributed by atoms with E-state index >= 15 is 0 Å². The second-order valence-electron chi connectivity index (χ2n) is 3.84. The Morgan fingerprint density at radius 3 is 2.78 bits per heavy atom. The van der Waals surface area contributed by atoms with E-state index in [4.69, 9.17) is 4.52 Å². The molecule has 0 aliphatic heterocycles. The summed E-state index contributed by atoms with van der Waals surface area (Å²) in [5.74, 6) is 0.197. The van der Waals surface area contributed by atoms with E-state index < -0.39 is 0 Å². The van der Waals surface area contributed by atoms with Gasteiger partial charge in [-0.3, -0.25) is 4.98 Å². The summed E-state index contributed by atoms with van der Waals surface area (Å²) < 4.78 is 5.02. The number of aromatic nitrogens is 2. The van der Waals surface area contributed by atoms with Gasteiger partial charge in [0.05, 0.1) is 11.3 Å². The highest BCUT2D eigenvalue weighted by Crippen LogP contribution is 2.31. The molecular weight excluding hydrogens is 228 g/mol. The van der Waals surface area contributed by atoms with Crippen LogP contribution in [0.3, 0.4) is 0 Å². The van der Waals surface area contributed by atoms with Gasteiger partial charge in [-0.05, 0) is 24.3 Å². The van der Waals surface area contributed by atoms with Crippen molar-refractivity contribution >= 4 is 0 Å². The Morgan fingerprint density at radius 2 is 2.00 bits per heavy atom. The first-order chi connectivity index (χ1) is 8.84. The maximum atomic E-state index is 9.50. The van der Waals surface area contributed by atoms with Gasteiger partial charge in [-0.2, -0.15) is 0 Å². The maximum absolute atomic E-state index is 9.50. The van der Waals surface area contributed by atoms with Crippen molar-refractivity contribution in [2.24, 2.45) is 0 Å². The van der Waals surface area contributed by atoms with Crippen molar-refractivity contribution in [3.05, 3.63) is 54.9 Å². The van der Waals surface area contributed by atoms with E-state index in [9.17, 15) is 5.11 Å². The average molecular weight is 238 g/mol. The third-order valence-electron chi connectivity index (χ3n) is 2.63. The van der Waals surface area contributed by atoms with Crippen LogP contribution in [0, 0.1) is 0 Å². The Morgan fingerprint density at radius 1 is 1.06 bits per heavy atom. The van der Waals surface area contributed by atoms with E-state index in [0.717, 1.165) is 16.8 Å². The van der Waals surface area contributed by atoms with Crippen molar-refractivity contribution in [1.82, 2.24) is 10.1 Å². The molecule has 2 heterocycles. The minimum atomic E-state index is 0.197. The van der Waals surface area contributed by atoms with E-state index in [1.54, 1.807) is 30.7 Å². The first-order valence-corrected chi connectivity index (χ1v) is 5.50. The Kier molecular flexibility index (Phi) is 2.53. The van der Waals surface area contributed by atoms with Gasteiger partial charge in [0.25, 0.3) is 0 Å². The second-order valence-corrected chi connectivity index (χ2v) is 3.84. The van der Waals surface area contributed by atoms with E-state index in [1.165, 1.54) is 0 Å². The van der Waals surface area contributed by atoms with Gasteiger partial charge >= 0.3 is 0 Å². The van der Waals surface area contributed by atoms with Crippen molar-refractivity contribution in [3.63, 3.8) is 0 Å². The van der Waals surface area contributed by atoms with Crippen LogP contribution in [0.2, 0.25) is 0 Å². The molecule has 0 saturated heterocycles. The standard InChI is InChI=1S/C14H10N2O2/c17-11-5-3-4-10(8-11)14-12(9-18-16-14)13-6-1-2-7-15-13/h1-9,17H. The summed E-state index contributed by atoms with van der Waals surface area (Å²) in [7, 11) is 0. The monoisotopic (exact) mass is 238 g/mol. The van der Waals surface area contributed by atoms with Gasteiger partial charge in [0.2, 0.25) is 0 Å². The van der Waals surface area contributed by atoms with E-state index in [1.807, 2.05) is 24.3 Å². The lowest BCUT2D eigenvalue weighted by molar-refractivity contribution is 0.422. The van der Waals surface area contributed by atoms with Gasteiger partial charge in [-0.15, -0.1) is 0 Å². The summed E-state index contributed by atoms with van der Waals surface area (Å²) in [6, 6.07) is 12.5. The average Bonchev–Trinajstić information content (AvgIpc) is 2.89. The van der Waals surface area contributed by atoms with Gasteiger partial charge < -0.3 is 9.63 Å². The van der Waals surface area contributed by atoms with Crippen molar-refractivity contribution < 1.29 is 9.63 Å². The molecule has 0 atom stereocenters. The third kappa shape index (κ3) is 1.84. The predicted molar refractivity (Wildman–Crippen MR) is 66.8 cm³/mol. The Bertz CT molecular complexity index is 662. The summed E-state index contributed by atoms with van der Waals surface area (Å²) in [5.41, 5.74) is 3.06. The zero-order valence-corrected chi connectivity index (χ0v) is 9.45. The number of benzene rings is 1. The van der Waals surface area contributed by atoms with Crippen LogP contribution >= 0.6 is 0 Å². The van der Waals surface area contributed by atoms with E-state index in [2.05, 4.69) is 10.1 Å². The maximum Gasteiger partial charge on any atom is 0.133 e. The highest BCUT2D eigenvalue weighted by atomic mass is 16.5. The molecule has 3 aromatic rings. The number of pyridine rings is 1. The number of aromatic hydroxyl groups is 1. The lowest BCUT2D eigenvalue weighted by Crippen LogP contribution is -1.84. The molecule has 3 rings (SSSR count). The molecule has 18 heavy (non-hydrogen) atoms. The number of phenolic OH excluding ortho intramolecular Hbond substituents is 1. The van der Waals surface area contributed by atoms with Gasteiger partial charge in [-0.25, -0.2) is 0 Å². The first-order valence-electron chi connectivity index (χ1n) is 5.50. The van der Waals surface area contributed by atoms with Gasteiger partial charge in [0.15, 0.2) is 0 Å². The summed E-state index contributed by atoms with van der Waals surface area (Å²) in [6.07, 6.45) is 3.27. The highest BCUT2D eigenvalue weighted by Gasteiger charge is 2.13. The third-order valence-corrected chi connectivity index (χ3v) is 2.63. The van der Waals surface area contributed by atoms with Crippen LogP contribution < -0.4 is 0 Å². The first kappa shape index (κ1) is 10.5. The minimum Gasteiger partial charge on any atom is -0.508 e. The van der Waals surface area contributed by atoms with Crippen LogP contribution in [-0.4, -0.2) is 15.2 Å². The predicted octanol–water partition coefficient (Wildman–Crippen LogP) is 3.11. The normalized spacial score (nSPS) is 10.4. The molecule has 0 saturated carbocycles. The minimum absolute atomic E-state index is 0.197. The van der Waals surface area contributed by atoms with Crippen LogP contribution in [0.4, 0.5) is 0 Å².